The molecule has 1 N–H and O–H groups in total. The van der Waals surface area contributed by atoms with Gasteiger partial charge < -0.3 is 10.2 Å². The van der Waals surface area contributed by atoms with E-state index in [0.717, 1.165) is 31.6 Å². The molecule has 2 nitrogen and oxygen atoms in total. The monoisotopic (exact) mass is 322 g/mol. The molecule has 0 aliphatic carbocycles. The molecule has 0 spiro atoms. The summed E-state index contributed by atoms with van der Waals surface area (Å²) in [5.41, 5.74) is 2.29. The van der Waals surface area contributed by atoms with Gasteiger partial charge in [-0.2, -0.15) is 0 Å². The smallest absolute Gasteiger partial charge is 0.0637 e. The fourth-order valence-corrected chi connectivity index (χ4v) is 2.55. The number of hydrogen-bond acceptors (Lipinski definition) is 2. The fourth-order valence-electron chi connectivity index (χ4n) is 2.16. The Balaban J connectivity index is 1.70. The van der Waals surface area contributed by atoms with Gasteiger partial charge >= 0.3 is 0 Å². The van der Waals surface area contributed by atoms with Crippen molar-refractivity contribution in [1.29, 1.82) is 0 Å². The molecule has 112 valence electrons. The summed E-state index contributed by atoms with van der Waals surface area (Å²) in [5.74, 6) is 0. The van der Waals surface area contributed by atoms with Crippen molar-refractivity contribution < 1.29 is 0 Å². The third-order valence-electron chi connectivity index (χ3n) is 3.39. The van der Waals surface area contributed by atoms with Crippen molar-refractivity contribution in [2.75, 3.05) is 25.0 Å². The van der Waals surface area contributed by atoms with Crippen LogP contribution in [0, 0.1) is 0 Å². The lowest BCUT2D eigenvalue weighted by Gasteiger charge is -2.19. The first-order chi connectivity index (χ1) is 10.2. The highest BCUT2D eigenvalue weighted by Crippen LogP contribution is 2.25. The number of rotatable bonds is 7. The molecule has 0 atom stereocenters. The van der Waals surface area contributed by atoms with Crippen LogP contribution < -0.4 is 10.2 Å². The summed E-state index contributed by atoms with van der Waals surface area (Å²) in [5, 5.41) is 4.66. The third-order valence-corrected chi connectivity index (χ3v) is 4.25. The van der Waals surface area contributed by atoms with Crippen LogP contribution in [0.4, 0.5) is 5.69 Å². The van der Waals surface area contributed by atoms with Gasteiger partial charge in [-0.25, -0.2) is 0 Å². The minimum absolute atomic E-state index is 0.611. The van der Waals surface area contributed by atoms with Crippen molar-refractivity contribution in [3.8, 4) is 0 Å². The van der Waals surface area contributed by atoms with Crippen molar-refractivity contribution in [2.24, 2.45) is 0 Å². The number of hydrogen-bond donors (Lipinski definition) is 1. The highest BCUT2D eigenvalue weighted by molar-refractivity contribution is 6.42. The maximum absolute atomic E-state index is 6.16. The van der Waals surface area contributed by atoms with Crippen molar-refractivity contribution >= 4 is 28.9 Å². The Morgan fingerprint density at radius 1 is 1.00 bits per heavy atom. The van der Waals surface area contributed by atoms with Gasteiger partial charge in [-0.15, -0.1) is 0 Å². The Kier molecular flexibility index (Phi) is 6.37. The SMILES string of the molecule is CN(CCCNCc1cccc(Cl)c1Cl)c1ccccc1. The van der Waals surface area contributed by atoms with Crippen molar-refractivity contribution in [3.63, 3.8) is 0 Å². The molecule has 4 heteroatoms. The predicted octanol–water partition coefficient (Wildman–Crippen LogP) is 4.61. The number of nitrogens with one attached hydrogen (secondary N) is 1. The van der Waals surface area contributed by atoms with Crippen LogP contribution in [0.3, 0.4) is 0 Å². The summed E-state index contributed by atoms with van der Waals surface area (Å²) in [7, 11) is 2.11. The number of halogens is 2. The molecule has 2 aromatic carbocycles. The molecule has 0 heterocycles. The van der Waals surface area contributed by atoms with Crippen LogP contribution in [0.2, 0.25) is 10.0 Å². The van der Waals surface area contributed by atoms with Crippen molar-refractivity contribution in [2.45, 2.75) is 13.0 Å². The van der Waals surface area contributed by atoms with E-state index in [0.29, 0.717) is 10.0 Å². The Morgan fingerprint density at radius 2 is 1.76 bits per heavy atom. The minimum atomic E-state index is 0.611. The first-order valence-electron chi connectivity index (χ1n) is 7.08. The van der Waals surface area contributed by atoms with E-state index >= 15 is 0 Å². The molecule has 0 aromatic heterocycles. The first kappa shape index (κ1) is 16.2. The van der Waals surface area contributed by atoms with E-state index in [1.165, 1.54) is 5.69 Å². The van der Waals surface area contributed by atoms with Crippen LogP contribution in [-0.4, -0.2) is 20.1 Å². The zero-order chi connectivity index (χ0) is 15.1. The lowest BCUT2D eigenvalue weighted by Crippen LogP contribution is -2.23. The third kappa shape index (κ3) is 4.92. The molecular weight excluding hydrogens is 303 g/mol. The predicted molar refractivity (Wildman–Crippen MR) is 92.5 cm³/mol. The zero-order valence-electron chi connectivity index (χ0n) is 12.2. The molecule has 2 aromatic rings. The molecular formula is C17H20Cl2N2. The summed E-state index contributed by atoms with van der Waals surface area (Å²) in [6.07, 6.45) is 1.07. The summed E-state index contributed by atoms with van der Waals surface area (Å²) < 4.78 is 0. The summed E-state index contributed by atoms with van der Waals surface area (Å²) in [6, 6.07) is 16.1. The Hall–Kier alpha value is -1.22. The van der Waals surface area contributed by atoms with E-state index in [-0.39, 0.29) is 0 Å². The van der Waals surface area contributed by atoms with E-state index in [2.05, 4.69) is 41.5 Å². The molecule has 0 aliphatic rings. The van der Waals surface area contributed by atoms with Crippen molar-refractivity contribution in [1.82, 2.24) is 5.32 Å². The van der Waals surface area contributed by atoms with E-state index < -0.39 is 0 Å². The molecule has 0 unspecified atom stereocenters. The van der Waals surface area contributed by atoms with E-state index in [1.54, 1.807) is 0 Å². The second kappa shape index (κ2) is 8.28. The average molecular weight is 323 g/mol. The second-order valence-corrected chi connectivity index (χ2v) is 5.79. The molecule has 0 fully saturated rings. The van der Waals surface area contributed by atoms with Gasteiger partial charge in [0.25, 0.3) is 0 Å². The summed E-state index contributed by atoms with van der Waals surface area (Å²) in [4.78, 5) is 2.26. The van der Waals surface area contributed by atoms with Gasteiger partial charge in [-0.1, -0.05) is 53.5 Å². The Morgan fingerprint density at radius 3 is 2.52 bits per heavy atom. The molecule has 0 radical (unpaired) electrons. The van der Waals surface area contributed by atoms with Crippen LogP contribution >= 0.6 is 23.2 Å². The number of nitrogens with zero attached hydrogens (tertiary/aromatic N) is 1. The molecule has 0 saturated carbocycles. The molecule has 0 bridgehead atoms. The van der Waals surface area contributed by atoms with Crippen LogP contribution in [-0.2, 0) is 6.54 Å². The maximum atomic E-state index is 6.16. The second-order valence-electron chi connectivity index (χ2n) is 5.00. The van der Waals surface area contributed by atoms with Crippen LogP contribution in [0.15, 0.2) is 48.5 Å². The van der Waals surface area contributed by atoms with Gasteiger partial charge in [-0.05, 0) is 36.7 Å². The van der Waals surface area contributed by atoms with Crippen LogP contribution in [0.1, 0.15) is 12.0 Å². The van der Waals surface area contributed by atoms with Crippen LogP contribution in [0.5, 0.6) is 0 Å². The number of para-hydroxylation sites is 1. The zero-order valence-corrected chi connectivity index (χ0v) is 13.7. The Bertz CT molecular complexity index is 558. The van der Waals surface area contributed by atoms with Crippen LogP contribution in [0.25, 0.3) is 0 Å². The van der Waals surface area contributed by atoms with Gasteiger partial charge in [0, 0.05) is 25.8 Å². The van der Waals surface area contributed by atoms with E-state index in [1.807, 2.05) is 24.3 Å². The van der Waals surface area contributed by atoms with E-state index in [4.69, 9.17) is 23.2 Å². The normalized spacial score (nSPS) is 10.6. The first-order valence-corrected chi connectivity index (χ1v) is 7.84. The molecule has 0 aliphatic heterocycles. The highest BCUT2D eigenvalue weighted by Gasteiger charge is 2.03. The lowest BCUT2D eigenvalue weighted by atomic mass is 10.2. The summed E-state index contributed by atoms with van der Waals surface area (Å²) in [6.45, 7) is 2.70. The topological polar surface area (TPSA) is 15.3 Å². The minimum Gasteiger partial charge on any atom is -0.375 e. The number of benzene rings is 2. The lowest BCUT2D eigenvalue weighted by molar-refractivity contribution is 0.646. The largest absolute Gasteiger partial charge is 0.375 e. The standard InChI is InChI=1S/C17H20Cl2N2/c1-21(15-8-3-2-4-9-15)12-6-11-20-13-14-7-5-10-16(18)17(14)19/h2-5,7-10,20H,6,11-13H2,1H3. The van der Waals surface area contributed by atoms with Gasteiger partial charge in [0.05, 0.1) is 10.0 Å². The molecule has 21 heavy (non-hydrogen) atoms. The van der Waals surface area contributed by atoms with Crippen molar-refractivity contribution in [3.05, 3.63) is 64.1 Å². The molecule has 0 saturated heterocycles. The maximum Gasteiger partial charge on any atom is 0.0637 e. The fraction of sp³-hybridized carbons (Fsp3) is 0.294. The number of anilines is 1. The van der Waals surface area contributed by atoms with Gasteiger partial charge in [0.2, 0.25) is 0 Å². The molecule has 0 amide bonds. The van der Waals surface area contributed by atoms with Gasteiger partial charge in [0.15, 0.2) is 0 Å². The van der Waals surface area contributed by atoms with E-state index in [9.17, 15) is 0 Å². The highest BCUT2D eigenvalue weighted by atomic mass is 35.5. The Labute approximate surface area is 136 Å². The average Bonchev–Trinajstić information content (AvgIpc) is 2.51. The molecule has 2 rings (SSSR count). The van der Waals surface area contributed by atoms with Gasteiger partial charge in [0.1, 0.15) is 0 Å². The van der Waals surface area contributed by atoms with Gasteiger partial charge in [-0.3, -0.25) is 0 Å². The quantitative estimate of drug-likeness (QED) is 0.749. The summed E-state index contributed by atoms with van der Waals surface area (Å²) >= 11 is 12.2.